The summed E-state index contributed by atoms with van der Waals surface area (Å²) >= 11 is 0. The van der Waals surface area contributed by atoms with Gasteiger partial charge in [-0.2, -0.15) is 0 Å². The number of aromatic nitrogens is 1. The summed E-state index contributed by atoms with van der Waals surface area (Å²) in [4.78, 5) is 25.2. The second kappa shape index (κ2) is 8.89. The molecule has 6 nitrogen and oxygen atoms in total. The molecule has 1 aromatic heterocycles. The normalized spacial score (nSPS) is 26.2. The van der Waals surface area contributed by atoms with Crippen LogP contribution in [0.2, 0.25) is 0 Å². The van der Waals surface area contributed by atoms with Crippen molar-refractivity contribution in [1.29, 1.82) is 0 Å². The molecule has 1 aromatic rings. The van der Waals surface area contributed by atoms with Gasteiger partial charge in [0.2, 0.25) is 5.91 Å². The molecule has 3 aliphatic rings. The van der Waals surface area contributed by atoms with Crippen LogP contribution in [0.15, 0.2) is 10.6 Å². The SMILES string of the molecule is C[C@H]1CC[C@@H](C)N(C(=O)C2CCCCC2)C1.NC(=O)c1cc(C2CC2)on1. The molecule has 1 aliphatic heterocycles. The second-order valence-electron chi connectivity index (χ2n) is 8.61. The Morgan fingerprint density at radius 1 is 1.07 bits per heavy atom. The lowest BCUT2D eigenvalue weighted by Crippen LogP contribution is -2.47. The quantitative estimate of drug-likeness (QED) is 0.868. The number of piperidine rings is 1. The Morgan fingerprint density at radius 3 is 2.37 bits per heavy atom. The number of likely N-dealkylation sites (tertiary alicyclic amines) is 1. The Morgan fingerprint density at radius 2 is 1.78 bits per heavy atom. The maximum Gasteiger partial charge on any atom is 0.270 e. The predicted molar refractivity (Wildman–Crippen MR) is 103 cm³/mol. The van der Waals surface area contributed by atoms with Crippen LogP contribution in [0.25, 0.3) is 0 Å². The van der Waals surface area contributed by atoms with Crippen LogP contribution in [0.4, 0.5) is 0 Å². The smallest absolute Gasteiger partial charge is 0.270 e. The minimum atomic E-state index is -0.527. The molecular formula is C21H33N3O3. The van der Waals surface area contributed by atoms with Gasteiger partial charge in [0.1, 0.15) is 5.76 Å². The third-order valence-electron chi connectivity index (χ3n) is 6.12. The lowest BCUT2D eigenvalue weighted by molar-refractivity contribution is -0.140. The summed E-state index contributed by atoms with van der Waals surface area (Å²) in [6, 6.07) is 2.10. The maximum atomic E-state index is 12.4. The zero-order valence-electron chi connectivity index (χ0n) is 16.7. The molecule has 4 rings (SSSR count). The molecule has 2 atom stereocenters. The average molecular weight is 376 g/mol. The first-order valence-electron chi connectivity index (χ1n) is 10.5. The van der Waals surface area contributed by atoms with Crippen LogP contribution in [0.5, 0.6) is 0 Å². The molecule has 0 unspecified atom stereocenters. The molecule has 1 saturated heterocycles. The summed E-state index contributed by atoms with van der Waals surface area (Å²) in [6.07, 6.45) is 10.9. The highest BCUT2D eigenvalue weighted by atomic mass is 16.5. The maximum absolute atomic E-state index is 12.4. The van der Waals surface area contributed by atoms with E-state index in [0.717, 1.165) is 38.0 Å². The van der Waals surface area contributed by atoms with Crippen molar-refractivity contribution < 1.29 is 14.1 Å². The van der Waals surface area contributed by atoms with Crippen LogP contribution in [-0.4, -0.2) is 34.5 Å². The lowest BCUT2D eigenvalue weighted by Gasteiger charge is -2.39. The Kier molecular flexibility index (Phi) is 6.55. The van der Waals surface area contributed by atoms with Crippen molar-refractivity contribution in [2.45, 2.75) is 83.6 Å². The van der Waals surface area contributed by atoms with E-state index in [1.165, 1.54) is 32.1 Å². The fourth-order valence-corrected chi connectivity index (χ4v) is 4.15. The van der Waals surface area contributed by atoms with Gasteiger partial charge in [-0.05, 0) is 51.4 Å². The third kappa shape index (κ3) is 5.33. The standard InChI is InChI=1S/C14H25NO.C7H8N2O2/c1-11-8-9-12(2)15(10-11)14(16)13-6-4-3-5-7-13;8-7(10)5-3-6(11-9-5)4-1-2-4/h11-13H,3-10H2,1-2H3;3-4H,1-2H2,(H2,8,10)/t11-,12+;/m0./s1. The molecule has 2 N–H and O–H groups in total. The Hall–Kier alpha value is -1.85. The average Bonchev–Trinajstić information content (AvgIpc) is 3.40. The van der Waals surface area contributed by atoms with Gasteiger partial charge in [0.05, 0.1) is 0 Å². The van der Waals surface area contributed by atoms with Crippen molar-refractivity contribution in [3.05, 3.63) is 17.5 Å². The number of amides is 2. The molecule has 0 aromatic carbocycles. The number of primary amides is 1. The molecule has 3 fully saturated rings. The molecule has 6 heteroatoms. The van der Waals surface area contributed by atoms with Crippen molar-refractivity contribution in [3.63, 3.8) is 0 Å². The van der Waals surface area contributed by atoms with Crippen molar-refractivity contribution in [3.8, 4) is 0 Å². The van der Waals surface area contributed by atoms with Crippen LogP contribution < -0.4 is 5.73 Å². The molecular weight excluding hydrogens is 342 g/mol. The molecule has 2 aliphatic carbocycles. The Balaban J connectivity index is 0.000000166. The van der Waals surface area contributed by atoms with Crippen molar-refractivity contribution in [2.75, 3.05) is 6.54 Å². The molecule has 27 heavy (non-hydrogen) atoms. The van der Waals surface area contributed by atoms with Crippen LogP contribution >= 0.6 is 0 Å². The van der Waals surface area contributed by atoms with Crippen LogP contribution in [0.1, 0.15) is 93.8 Å². The van der Waals surface area contributed by atoms with E-state index < -0.39 is 5.91 Å². The highest BCUT2D eigenvalue weighted by Crippen LogP contribution is 2.40. The first-order valence-corrected chi connectivity index (χ1v) is 10.5. The molecule has 2 amide bonds. The van der Waals surface area contributed by atoms with Gasteiger partial charge in [-0.15, -0.1) is 0 Å². The van der Waals surface area contributed by atoms with E-state index in [1.807, 2.05) is 0 Å². The van der Waals surface area contributed by atoms with Gasteiger partial charge in [-0.25, -0.2) is 0 Å². The van der Waals surface area contributed by atoms with Crippen LogP contribution in [-0.2, 0) is 4.79 Å². The largest absolute Gasteiger partial charge is 0.364 e. The summed E-state index contributed by atoms with van der Waals surface area (Å²) in [7, 11) is 0. The fraction of sp³-hybridized carbons (Fsp3) is 0.762. The summed E-state index contributed by atoms with van der Waals surface area (Å²) in [5.41, 5.74) is 5.21. The zero-order valence-corrected chi connectivity index (χ0v) is 16.7. The molecule has 2 heterocycles. The second-order valence-corrected chi connectivity index (χ2v) is 8.61. The summed E-state index contributed by atoms with van der Waals surface area (Å²) < 4.78 is 4.90. The Bertz CT molecular complexity index is 647. The van der Waals surface area contributed by atoms with Gasteiger partial charge in [-0.3, -0.25) is 9.59 Å². The van der Waals surface area contributed by atoms with Gasteiger partial charge in [-0.1, -0.05) is 31.3 Å². The van der Waals surface area contributed by atoms with E-state index in [0.29, 0.717) is 29.7 Å². The number of hydrogen-bond acceptors (Lipinski definition) is 4. The monoisotopic (exact) mass is 375 g/mol. The highest BCUT2D eigenvalue weighted by molar-refractivity contribution is 5.90. The van der Waals surface area contributed by atoms with Crippen LogP contribution in [0.3, 0.4) is 0 Å². The summed E-state index contributed by atoms with van der Waals surface area (Å²) in [5, 5.41) is 3.53. The van der Waals surface area contributed by atoms with Crippen molar-refractivity contribution >= 4 is 11.8 Å². The molecule has 0 bridgehead atoms. The minimum Gasteiger partial charge on any atom is -0.364 e. The van der Waals surface area contributed by atoms with E-state index >= 15 is 0 Å². The van der Waals surface area contributed by atoms with Gasteiger partial charge >= 0.3 is 0 Å². The highest BCUT2D eigenvalue weighted by Gasteiger charge is 2.32. The minimum absolute atomic E-state index is 0.229. The fourth-order valence-electron chi connectivity index (χ4n) is 4.15. The first-order chi connectivity index (χ1) is 13.0. The topological polar surface area (TPSA) is 89.4 Å². The van der Waals surface area contributed by atoms with Gasteiger partial charge < -0.3 is 15.2 Å². The summed E-state index contributed by atoms with van der Waals surface area (Å²) in [5.74, 6) is 2.25. The zero-order chi connectivity index (χ0) is 19.4. The number of nitrogens with zero attached hydrogens (tertiary/aromatic N) is 2. The van der Waals surface area contributed by atoms with Crippen molar-refractivity contribution in [2.24, 2.45) is 17.6 Å². The predicted octanol–water partition coefficient (Wildman–Crippen LogP) is 3.86. The lowest BCUT2D eigenvalue weighted by atomic mass is 9.86. The van der Waals surface area contributed by atoms with E-state index in [9.17, 15) is 9.59 Å². The molecule has 150 valence electrons. The van der Waals surface area contributed by atoms with E-state index in [1.54, 1.807) is 6.07 Å². The summed E-state index contributed by atoms with van der Waals surface area (Å²) in [6.45, 7) is 5.48. The molecule has 2 saturated carbocycles. The van der Waals surface area contributed by atoms with Gasteiger partial charge in [0.25, 0.3) is 5.91 Å². The van der Waals surface area contributed by atoms with Gasteiger partial charge in [0.15, 0.2) is 5.69 Å². The van der Waals surface area contributed by atoms with E-state index in [2.05, 4.69) is 23.9 Å². The van der Waals surface area contributed by atoms with E-state index in [4.69, 9.17) is 10.3 Å². The van der Waals surface area contributed by atoms with E-state index in [-0.39, 0.29) is 5.69 Å². The molecule has 0 spiro atoms. The number of carbonyl (C=O) groups excluding carboxylic acids is 2. The number of hydrogen-bond donors (Lipinski definition) is 1. The van der Waals surface area contributed by atoms with Gasteiger partial charge in [0, 0.05) is 30.5 Å². The molecule has 0 radical (unpaired) electrons. The van der Waals surface area contributed by atoms with Crippen molar-refractivity contribution in [1.82, 2.24) is 10.1 Å². The van der Waals surface area contributed by atoms with Crippen LogP contribution in [0, 0.1) is 11.8 Å². The number of carbonyl (C=O) groups is 2. The number of rotatable bonds is 3. The Labute approximate surface area is 161 Å². The third-order valence-corrected chi connectivity index (χ3v) is 6.12. The number of nitrogens with two attached hydrogens (primary N) is 1. The first kappa shape index (κ1) is 19.9.